The molecule has 2 aromatic rings. The van der Waals surface area contributed by atoms with Crippen molar-refractivity contribution in [3.05, 3.63) is 35.4 Å². The van der Waals surface area contributed by atoms with E-state index in [0.29, 0.717) is 17.1 Å². The maximum absolute atomic E-state index is 5.68. The summed E-state index contributed by atoms with van der Waals surface area (Å²) in [4.78, 5) is 12.5. The van der Waals surface area contributed by atoms with Gasteiger partial charge in [-0.15, -0.1) is 0 Å². The molecule has 0 atom stereocenters. The average Bonchev–Trinajstić information content (AvgIpc) is 2.80. The van der Waals surface area contributed by atoms with Gasteiger partial charge >= 0.3 is 0 Å². The molecule has 0 aliphatic heterocycles. The lowest BCUT2D eigenvalue weighted by Crippen LogP contribution is -2.21. The summed E-state index contributed by atoms with van der Waals surface area (Å²) in [7, 11) is 0. The molecule has 1 aliphatic carbocycles. The van der Waals surface area contributed by atoms with E-state index in [2.05, 4.69) is 44.5 Å². The van der Waals surface area contributed by atoms with Crippen LogP contribution in [0, 0.1) is 0 Å². The third kappa shape index (κ3) is 2.63. The van der Waals surface area contributed by atoms with Crippen molar-refractivity contribution >= 4 is 23.7 Å². The molecule has 0 saturated carbocycles. The molecule has 3 rings (SSSR count). The predicted molar refractivity (Wildman–Crippen MR) is 77.3 cm³/mol. The van der Waals surface area contributed by atoms with Crippen molar-refractivity contribution in [2.75, 3.05) is 17.3 Å². The number of rotatable bonds is 3. The summed E-state index contributed by atoms with van der Waals surface area (Å²) >= 11 is 1.46. The van der Waals surface area contributed by atoms with Gasteiger partial charge in [0.25, 0.3) is 0 Å². The van der Waals surface area contributed by atoms with Gasteiger partial charge in [0, 0.05) is 6.04 Å². The van der Waals surface area contributed by atoms with E-state index in [4.69, 9.17) is 5.73 Å². The highest BCUT2D eigenvalue weighted by molar-refractivity contribution is 7.98. The van der Waals surface area contributed by atoms with E-state index in [-0.39, 0.29) is 5.95 Å². The average molecular weight is 273 g/mol. The second-order valence-corrected chi connectivity index (χ2v) is 5.30. The van der Waals surface area contributed by atoms with Crippen molar-refractivity contribution in [3.8, 4) is 0 Å². The van der Waals surface area contributed by atoms with Gasteiger partial charge in [-0.05, 0) is 30.2 Å². The summed E-state index contributed by atoms with van der Waals surface area (Å²) in [6.07, 6.45) is 3.91. The third-order valence-corrected chi connectivity index (χ3v) is 3.75. The second kappa shape index (κ2) is 5.05. The quantitative estimate of drug-likeness (QED) is 0.830. The van der Waals surface area contributed by atoms with Gasteiger partial charge in [0.2, 0.25) is 11.9 Å². The van der Waals surface area contributed by atoms with Crippen molar-refractivity contribution < 1.29 is 0 Å². The van der Waals surface area contributed by atoms with Crippen LogP contribution in [-0.2, 0) is 12.8 Å². The zero-order chi connectivity index (χ0) is 13.2. The number of nitrogens with two attached hydrogens (primary N) is 1. The lowest BCUT2D eigenvalue weighted by molar-refractivity contribution is 0.752. The van der Waals surface area contributed by atoms with E-state index in [1.54, 1.807) is 0 Å². The highest BCUT2D eigenvalue weighted by Gasteiger charge is 2.21. The minimum absolute atomic E-state index is 0.261. The van der Waals surface area contributed by atoms with Crippen LogP contribution in [0.25, 0.3) is 0 Å². The lowest BCUT2D eigenvalue weighted by Gasteiger charge is -2.12. The van der Waals surface area contributed by atoms with Gasteiger partial charge in [-0.25, -0.2) is 0 Å². The smallest absolute Gasteiger partial charge is 0.228 e. The molecular formula is C13H15N5S. The molecule has 0 fully saturated rings. The predicted octanol–water partition coefficient (Wildman–Crippen LogP) is 1.76. The van der Waals surface area contributed by atoms with Crippen molar-refractivity contribution in [2.24, 2.45) is 0 Å². The number of anilines is 2. The SMILES string of the molecule is CSc1nc(N)nc(NC2Cc3ccccc3C2)n1. The molecule has 1 heterocycles. The standard InChI is InChI=1S/C13H15N5S/c1-19-13-17-11(14)16-12(18-13)15-10-6-8-4-2-3-5-9(8)7-10/h2-5,10H,6-7H2,1H3,(H3,14,15,16,17,18). The van der Waals surface area contributed by atoms with E-state index in [1.165, 1.54) is 22.9 Å². The summed E-state index contributed by atoms with van der Waals surface area (Å²) in [5.41, 5.74) is 8.47. The molecule has 0 radical (unpaired) electrons. The van der Waals surface area contributed by atoms with Crippen molar-refractivity contribution in [3.63, 3.8) is 0 Å². The van der Waals surface area contributed by atoms with Gasteiger partial charge in [0.15, 0.2) is 5.16 Å². The summed E-state index contributed by atoms with van der Waals surface area (Å²) in [6.45, 7) is 0. The number of fused-ring (bicyclic) bond motifs is 1. The molecule has 5 nitrogen and oxygen atoms in total. The maximum atomic E-state index is 5.68. The first-order chi connectivity index (χ1) is 9.24. The number of hydrogen-bond acceptors (Lipinski definition) is 6. The van der Waals surface area contributed by atoms with Gasteiger partial charge in [0.1, 0.15) is 0 Å². The van der Waals surface area contributed by atoms with Gasteiger partial charge in [-0.1, -0.05) is 36.0 Å². The molecule has 0 amide bonds. The van der Waals surface area contributed by atoms with Crippen LogP contribution in [0.3, 0.4) is 0 Å². The fraction of sp³-hybridized carbons (Fsp3) is 0.308. The number of nitrogens with zero attached hydrogens (tertiary/aromatic N) is 3. The Morgan fingerprint density at radius 2 is 1.84 bits per heavy atom. The van der Waals surface area contributed by atoms with E-state index >= 15 is 0 Å². The molecule has 3 N–H and O–H groups in total. The number of benzene rings is 1. The zero-order valence-corrected chi connectivity index (χ0v) is 11.4. The first kappa shape index (κ1) is 12.2. The molecule has 0 unspecified atom stereocenters. The number of hydrogen-bond donors (Lipinski definition) is 2. The fourth-order valence-electron chi connectivity index (χ4n) is 2.37. The normalized spacial score (nSPS) is 14.4. The first-order valence-electron chi connectivity index (χ1n) is 6.13. The van der Waals surface area contributed by atoms with Crippen molar-refractivity contribution in [1.82, 2.24) is 15.0 Å². The van der Waals surface area contributed by atoms with E-state index in [1.807, 2.05) is 6.26 Å². The molecule has 98 valence electrons. The number of nitrogen functional groups attached to an aromatic ring is 1. The van der Waals surface area contributed by atoms with Crippen molar-refractivity contribution in [1.29, 1.82) is 0 Å². The minimum atomic E-state index is 0.261. The summed E-state index contributed by atoms with van der Waals surface area (Å²) < 4.78 is 0. The van der Waals surface area contributed by atoms with Crippen LogP contribution >= 0.6 is 11.8 Å². The number of thioether (sulfide) groups is 1. The highest BCUT2D eigenvalue weighted by atomic mass is 32.2. The third-order valence-electron chi connectivity index (χ3n) is 3.20. The molecule has 6 heteroatoms. The highest BCUT2D eigenvalue weighted by Crippen LogP contribution is 2.24. The summed E-state index contributed by atoms with van der Waals surface area (Å²) in [5, 5.41) is 3.99. The Balaban J connectivity index is 1.75. The van der Waals surface area contributed by atoms with E-state index < -0.39 is 0 Å². The second-order valence-electron chi connectivity index (χ2n) is 4.52. The molecule has 1 aliphatic rings. The molecule has 1 aromatic carbocycles. The van der Waals surface area contributed by atoms with Crippen LogP contribution in [0.5, 0.6) is 0 Å². The van der Waals surface area contributed by atoms with Gasteiger partial charge in [-0.3, -0.25) is 0 Å². The van der Waals surface area contributed by atoms with E-state index in [0.717, 1.165) is 12.8 Å². The van der Waals surface area contributed by atoms with Crippen LogP contribution in [0.15, 0.2) is 29.4 Å². The summed E-state index contributed by atoms with van der Waals surface area (Å²) in [5.74, 6) is 0.826. The lowest BCUT2D eigenvalue weighted by atomic mass is 10.1. The topological polar surface area (TPSA) is 76.7 Å². The van der Waals surface area contributed by atoms with Crippen molar-refractivity contribution in [2.45, 2.75) is 24.0 Å². The van der Waals surface area contributed by atoms with Gasteiger partial charge in [0.05, 0.1) is 0 Å². The minimum Gasteiger partial charge on any atom is -0.368 e. The van der Waals surface area contributed by atoms with Crippen LogP contribution in [0.4, 0.5) is 11.9 Å². The maximum Gasteiger partial charge on any atom is 0.228 e. The molecule has 19 heavy (non-hydrogen) atoms. The molecule has 0 bridgehead atoms. The molecule has 0 saturated heterocycles. The fourth-order valence-corrected chi connectivity index (χ4v) is 2.73. The largest absolute Gasteiger partial charge is 0.368 e. The Labute approximate surface area is 116 Å². The first-order valence-corrected chi connectivity index (χ1v) is 7.36. The molecule has 1 aromatic heterocycles. The van der Waals surface area contributed by atoms with Crippen LogP contribution in [-0.4, -0.2) is 27.2 Å². The van der Waals surface area contributed by atoms with Gasteiger partial charge < -0.3 is 11.1 Å². The van der Waals surface area contributed by atoms with Crippen LogP contribution < -0.4 is 11.1 Å². The van der Waals surface area contributed by atoms with Crippen LogP contribution in [0.1, 0.15) is 11.1 Å². The molecule has 0 spiro atoms. The summed E-state index contributed by atoms with van der Waals surface area (Å²) in [6, 6.07) is 8.83. The van der Waals surface area contributed by atoms with E-state index in [9.17, 15) is 0 Å². The Morgan fingerprint density at radius 1 is 1.16 bits per heavy atom. The monoisotopic (exact) mass is 273 g/mol. The van der Waals surface area contributed by atoms with Gasteiger partial charge in [-0.2, -0.15) is 15.0 Å². The Morgan fingerprint density at radius 3 is 2.47 bits per heavy atom. The van der Waals surface area contributed by atoms with Crippen LogP contribution in [0.2, 0.25) is 0 Å². The number of nitrogens with one attached hydrogen (secondary N) is 1. The number of aromatic nitrogens is 3. The Kier molecular flexibility index (Phi) is 3.25. The molecular weight excluding hydrogens is 258 g/mol. The Bertz CT molecular complexity index is 576. The zero-order valence-electron chi connectivity index (χ0n) is 10.6. The Hall–Kier alpha value is -1.82.